The summed E-state index contributed by atoms with van der Waals surface area (Å²) in [5.41, 5.74) is 3.03. The molecule has 1 saturated carbocycles. The van der Waals surface area contributed by atoms with Gasteiger partial charge in [-0.05, 0) is 60.1 Å². The number of aryl methyl sites for hydroxylation is 1. The minimum absolute atomic E-state index is 0.0383. The highest BCUT2D eigenvalue weighted by Gasteiger charge is 2.45. The molecule has 0 heterocycles. The number of carbonyl (C=O) groups excluding carboxylic acids is 1. The van der Waals surface area contributed by atoms with Crippen LogP contribution in [-0.2, 0) is 21.2 Å². The zero-order valence-electron chi connectivity index (χ0n) is 15.0. The fraction of sp³-hybridized carbons (Fsp3) is 0.286. The van der Waals surface area contributed by atoms with Crippen LogP contribution < -0.4 is 9.46 Å². The Balaban J connectivity index is 1.46. The Labute approximate surface area is 159 Å². The molecule has 0 spiro atoms. The van der Waals surface area contributed by atoms with Crippen molar-refractivity contribution in [1.29, 1.82) is 0 Å². The van der Waals surface area contributed by atoms with Gasteiger partial charge in [0, 0.05) is 5.92 Å². The maximum absolute atomic E-state index is 12.7. The number of amides is 1. The van der Waals surface area contributed by atoms with Crippen LogP contribution in [0.2, 0.25) is 0 Å². The van der Waals surface area contributed by atoms with E-state index >= 15 is 0 Å². The Kier molecular flexibility index (Phi) is 4.52. The molecule has 2 aromatic rings. The predicted molar refractivity (Wildman–Crippen MR) is 104 cm³/mol. The number of methoxy groups -OCH3 is 1. The molecule has 140 valence electrons. The van der Waals surface area contributed by atoms with E-state index in [4.69, 9.17) is 4.74 Å². The summed E-state index contributed by atoms with van der Waals surface area (Å²) in [5, 5.41) is 0. The van der Waals surface area contributed by atoms with E-state index in [1.807, 2.05) is 48.5 Å². The van der Waals surface area contributed by atoms with Crippen LogP contribution in [0, 0.1) is 5.92 Å². The van der Waals surface area contributed by atoms with Crippen molar-refractivity contribution in [1.82, 2.24) is 4.72 Å². The summed E-state index contributed by atoms with van der Waals surface area (Å²) in [6, 6.07) is 15.3. The van der Waals surface area contributed by atoms with Crippen LogP contribution in [0.3, 0.4) is 0 Å². The Morgan fingerprint density at radius 1 is 1.11 bits per heavy atom. The topological polar surface area (TPSA) is 72.5 Å². The van der Waals surface area contributed by atoms with E-state index in [0.29, 0.717) is 19.3 Å². The lowest BCUT2D eigenvalue weighted by molar-refractivity contribution is -0.120. The maximum Gasteiger partial charge on any atom is 0.260 e. The lowest BCUT2D eigenvalue weighted by Crippen LogP contribution is -2.33. The molecule has 0 bridgehead atoms. The van der Waals surface area contributed by atoms with E-state index in [0.717, 1.165) is 22.4 Å². The van der Waals surface area contributed by atoms with Crippen LogP contribution in [0.5, 0.6) is 5.75 Å². The Morgan fingerprint density at radius 2 is 1.93 bits per heavy atom. The summed E-state index contributed by atoms with van der Waals surface area (Å²) >= 11 is 0. The largest absolute Gasteiger partial charge is 0.497 e. The summed E-state index contributed by atoms with van der Waals surface area (Å²) in [5.74, 6) is 0.0273. The second-order valence-electron chi connectivity index (χ2n) is 7.00. The molecule has 0 aromatic heterocycles. The lowest BCUT2D eigenvalue weighted by Gasteiger charge is -2.17. The van der Waals surface area contributed by atoms with Crippen molar-refractivity contribution in [3.63, 3.8) is 0 Å². The summed E-state index contributed by atoms with van der Waals surface area (Å²) < 4.78 is 32.8. The average molecular weight is 383 g/mol. The van der Waals surface area contributed by atoms with Crippen LogP contribution in [0.1, 0.15) is 35.4 Å². The van der Waals surface area contributed by atoms with Crippen molar-refractivity contribution >= 4 is 22.0 Å². The van der Waals surface area contributed by atoms with Gasteiger partial charge >= 0.3 is 0 Å². The molecule has 6 heteroatoms. The van der Waals surface area contributed by atoms with E-state index in [2.05, 4.69) is 4.72 Å². The van der Waals surface area contributed by atoms with Gasteiger partial charge in [0.05, 0.1) is 12.0 Å². The Bertz CT molecular complexity index is 1030. The minimum atomic E-state index is -3.81. The number of hydrogen-bond donors (Lipinski definition) is 1. The zero-order chi connectivity index (χ0) is 19.0. The van der Waals surface area contributed by atoms with Crippen molar-refractivity contribution in [3.05, 3.63) is 70.1 Å². The third-order valence-electron chi connectivity index (χ3n) is 5.24. The van der Waals surface area contributed by atoms with Gasteiger partial charge in [0.25, 0.3) is 10.0 Å². The molecular formula is C21H21NO4S. The van der Waals surface area contributed by atoms with Gasteiger partial charge < -0.3 is 4.74 Å². The number of ether oxygens (including phenoxy) is 1. The predicted octanol–water partition coefficient (Wildman–Crippen LogP) is 3.23. The molecule has 2 aliphatic rings. The van der Waals surface area contributed by atoms with E-state index in [9.17, 15) is 13.2 Å². The molecular weight excluding hydrogens is 362 g/mol. The van der Waals surface area contributed by atoms with Gasteiger partial charge in [0.15, 0.2) is 0 Å². The van der Waals surface area contributed by atoms with Crippen molar-refractivity contribution in [2.45, 2.75) is 25.2 Å². The molecule has 2 aromatic carbocycles. The van der Waals surface area contributed by atoms with Gasteiger partial charge in [0.1, 0.15) is 5.75 Å². The average Bonchev–Trinajstić information content (AvgIpc) is 3.48. The van der Waals surface area contributed by atoms with E-state index in [1.165, 1.54) is 0 Å². The maximum atomic E-state index is 12.7. The second kappa shape index (κ2) is 6.85. The van der Waals surface area contributed by atoms with Crippen molar-refractivity contribution < 1.29 is 17.9 Å². The highest BCUT2D eigenvalue weighted by atomic mass is 32.2. The number of rotatable bonds is 5. The van der Waals surface area contributed by atoms with E-state index in [-0.39, 0.29) is 16.7 Å². The number of benzene rings is 2. The SMILES string of the molecule is COc1cccc([C@@H]2C[C@@H]2C(=O)NS(=O)(=O)C2=Cc3ccccc3CC2)c1. The van der Waals surface area contributed by atoms with Gasteiger partial charge in [-0.3, -0.25) is 4.79 Å². The van der Waals surface area contributed by atoms with Gasteiger partial charge in [-0.1, -0.05) is 36.4 Å². The molecule has 27 heavy (non-hydrogen) atoms. The van der Waals surface area contributed by atoms with Crippen molar-refractivity contribution in [3.8, 4) is 5.75 Å². The fourth-order valence-corrected chi connectivity index (χ4v) is 4.82. The molecule has 0 unspecified atom stereocenters. The van der Waals surface area contributed by atoms with E-state index in [1.54, 1.807) is 13.2 Å². The highest BCUT2D eigenvalue weighted by molar-refractivity contribution is 7.94. The Hall–Kier alpha value is -2.60. The first-order valence-electron chi connectivity index (χ1n) is 8.97. The van der Waals surface area contributed by atoms with Gasteiger partial charge in [-0.2, -0.15) is 0 Å². The van der Waals surface area contributed by atoms with Crippen molar-refractivity contribution in [2.24, 2.45) is 5.92 Å². The standard InChI is InChI=1S/C21H21NO4S/c1-26-17-8-4-7-16(11-17)19-13-20(19)21(23)22-27(24,25)18-10-9-14-5-2-3-6-15(14)12-18/h2-8,11-12,19-20H,9-10,13H2,1H3,(H,22,23)/t19-,20-/m0/s1. The summed E-state index contributed by atoms with van der Waals surface area (Å²) in [6.45, 7) is 0. The van der Waals surface area contributed by atoms with Gasteiger partial charge in [-0.15, -0.1) is 0 Å². The quantitative estimate of drug-likeness (QED) is 0.860. The second-order valence-corrected chi connectivity index (χ2v) is 8.74. The third kappa shape index (κ3) is 3.62. The smallest absolute Gasteiger partial charge is 0.260 e. The number of fused-ring (bicyclic) bond motifs is 1. The number of allylic oxidation sites excluding steroid dienone is 1. The number of sulfonamides is 1. The first-order valence-corrected chi connectivity index (χ1v) is 10.5. The molecule has 0 saturated heterocycles. The third-order valence-corrected chi connectivity index (χ3v) is 6.72. The highest BCUT2D eigenvalue weighted by Crippen LogP contribution is 2.48. The van der Waals surface area contributed by atoms with Crippen LogP contribution in [0.4, 0.5) is 0 Å². The zero-order valence-corrected chi connectivity index (χ0v) is 15.8. The molecule has 0 aliphatic heterocycles. The first kappa shape index (κ1) is 17.8. The molecule has 1 amide bonds. The van der Waals surface area contributed by atoms with Crippen LogP contribution in [0.15, 0.2) is 53.4 Å². The number of hydrogen-bond acceptors (Lipinski definition) is 4. The molecule has 5 nitrogen and oxygen atoms in total. The van der Waals surface area contributed by atoms with Gasteiger partial charge in [-0.25, -0.2) is 13.1 Å². The molecule has 1 fully saturated rings. The number of carbonyl (C=O) groups is 1. The summed E-state index contributed by atoms with van der Waals surface area (Å²) in [7, 11) is -2.22. The minimum Gasteiger partial charge on any atom is -0.497 e. The van der Waals surface area contributed by atoms with Gasteiger partial charge in [0.2, 0.25) is 5.91 Å². The normalized spacial score (nSPS) is 21.0. The van der Waals surface area contributed by atoms with Crippen LogP contribution >= 0.6 is 0 Å². The molecule has 2 atom stereocenters. The Morgan fingerprint density at radius 3 is 2.74 bits per heavy atom. The molecule has 0 radical (unpaired) electrons. The van der Waals surface area contributed by atoms with Crippen LogP contribution in [-0.4, -0.2) is 21.4 Å². The fourth-order valence-electron chi connectivity index (χ4n) is 3.62. The summed E-state index contributed by atoms with van der Waals surface area (Å²) in [4.78, 5) is 12.8. The molecule has 1 N–H and O–H groups in total. The van der Waals surface area contributed by atoms with Crippen molar-refractivity contribution in [2.75, 3.05) is 7.11 Å². The monoisotopic (exact) mass is 383 g/mol. The van der Waals surface area contributed by atoms with E-state index < -0.39 is 15.9 Å². The first-order chi connectivity index (χ1) is 13.0. The summed E-state index contributed by atoms with van der Waals surface area (Å²) in [6.07, 6.45) is 3.38. The lowest BCUT2D eigenvalue weighted by atomic mass is 9.98. The number of nitrogens with one attached hydrogen (secondary N) is 1. The molecule has 2 aliphatic carbocycles. The van der Waals surface area contributed by atoms with Crippen LogP contribution in [0.25, 0.3) is 6.08 Å². The molecule has 4 rings (SSSR count).